The molecule has 6 nitrogen and oxygen atoms in total. The van der Waals surface area contributed by atoms with Crippen molar-refractivity contribution in [2.45, 2.75) is 13.0 Å². The zero-order valence-corrected chi connectivity index (χ0v) is 17.2. The molecule has 0 bridgehead atoms. The molecule has 1 N–H and O–H groups in total. The number of aromatic amines is 1. The summed E-state index contributed by atoms with van der Waals surface area (Å²) in [6.45, 7) is 1.32. The standard InChI is InChI=1S/C25H22N4O2/c1-29(24-13-21-22(14-26-24)27-16-28-25(21)30)12-6-10-19-18-8-3-2-7-17(18)15-31-23-11-5-4-9-20(19)23/h2-5,7-11,13-14,16H,6,12,15H2,1H3,(H,27,28,30)/b19-10-. The van der Waals surface area contributed by atoms with E-state index >= 15 is 0 Å². The van der Waals surface area contributed by atoms with Crippen molar-refractivity contribution < 1.29 is 4.74 Å². The minimum Gasteiger partial charge on any atom is -0.488 e. The van der Waals surface area contributed by atoms with E-state index in [0.29, 0.717) is 17.5 Å². The highest BCUT2D eigenvalue weighted by atomic mass is 16.5. The third kappa shape index (κ3) is 3.68. The van der Waals surface area contributed by atoms with Crippen LogP contribution in [0.5, 0.6) is 5.75 Å². The minimum absolute atomic E-state index is 0.157. The number of rotatable bonds is 4. The zero-order valence-electron chi connectivity index (χ0n) is 17.2. The Morgan fingerprint density at radius 1 is 1.10 bits per heavy atom. The Balaban J connectivity index is 1.43. The summed E-state index contributed by atoms with van der Waals surface area (Å²) in [6.07, 6.45) is 6.12. The molecule has 6 heteroatoms. The summed E-state index contributed by atoms with van der Waals surface area (Å²) in [5.41, 5.74) is 5.11. The predicted octanol–water partition coefficient (Wildman–Crippen LogP) is 4.17. The number of nitrogens with one attached hydrogen (secondary N) is 1. The molecule has 1 aliphatic rings. The van der Waals surface area contributed by atoms with Gasteiger partial charge in [-0.1, -0.05) is 48.5 Å². The van der Waals surface area contributed by atoms with Gasteiger partial charge in [-0.15, -0.1) is 0 Å². The maximum Gasteiger partial charge on any atom is 0.258 e. The molecular formula is C25H22N4O2. The highest BCUT2D eigenvalue weighted by Crippen LogP contribution is 2.36. The monoisotopic (exact) mass is 410 g/mol. The smallest absolute Gasteiger partial charge is 0.258 e. The van der Waals surface area contributed by atoms with Gasteiger partial charge in [-0.3, -0.25) is 4.79 Å². The Labute approximate surface area is 179 Å². The first-order valence-electron chi connectivity index (χ1n) is 10.3. The van der Waals surface area contributed by atoms with Gasteiger partial charge in [-0.2, -0.15) is 0 Å². The normalized spacial score (nSPS) is 13.9. The molecule has 0 atom stereocenters. The molecule has 31 heavy (non-hydrogen) atoms. The van der Waals surface area contributed by atoms with Crippen LogP contribution in [0.4, 0.5) is 5.82 Å². The maximum atomic E-state index is 12.1. The van der Waals surface area contributed by atoms with Crippen molar-refractivity contribution in [1.29, 1.82) is 0 Å². The Morgan fingerprint density at radius 2 is 1.90 bits per heavy atom. The number of H-pyrrole nitrogens is 1. The number of nitrogens with zero attached hydrogens (tertiary/aromatic N) is 3. The number of ether oxygens (including phenoxy) is 1. The first-order chi connectivity index (χ1) is 15.2. The Morgan fingerprint density at radius 3 is 2.81 bits per heavy atom. The summed E-state index contributed by atoms with van der Waals surface area (Å²) in [4.78, 5) is 25.4. The number of para-hydroxylation sites is 1. The van der Waals surface area contributed by atoms with E-state index in [-0.39, 0.29) is 5.56 Å². The molecule has 0 fully saturated rings. The fourth-order valence-corrected chi connectivity index (χ4v) is 3.93. The van der Waals surface area contributed by atoms with Crippen LogP contribution >= 0.6 is 0 Å². The number of pyridine rings is 1. The van der Waals surface area contributed by atoms with Crippen LogP contribution in [0, 0.1) is 0 Å². The summed E-state index contributed by atoms with van der Waals surface area (Å²) in [5, 5.41) is 0.543. The Hall–Kier alpha value is -3.93. The molecule has 4 aromatic rings. The minimum atomic E-state index is -0.157. The highest BCUT2D eigenvalue weighted by molar-refractivity contribution is 5.85. The third-order valence-electron chi connectivity index (χ3n) is 5.58. The summed E-state index contributed by atoms with van der Waals surface area (Å²) in [5.74, 6) is 1.65. The Bertz CT molecular complexity index is 1290. The fourth-order valence-electron chi connectivity index (χ4n) is 3.93. The van der Waals surface area contributed by atoms with Gasteiger partial charge < -0.3 is 14.6 Å². The zero-order chi connectivity index (χ0) is 21.2. The second-order valence-electron chi connectivity index (χ2n) is 7.56. The average Bonchev–Trinajstić information content (AvgIpc) is 2.96. The lowest BCUT2D eigenvalue weighted by molar-refractivity contribution is 0.307. The topological polar surface area (TPSA) is 71.1 Å². The molecule has 0 radical (unpaired) electrons. The van der Waals surface area contributed by atoms with E-state index in [4.69, 9.17) is 4.74 Å². The molecule has 2 aromatic heterocycles. The first-order valence-corrected chi connectivity index (χ1v) is 10.3. The van der Waals surface area contributed by atoms with Crippen molar-refractivity contribution in [2.75, 3.05) is 18.5 Å². The number of aromatic nitrogens is 3. The van der Waals surface area contributed by atoms with Crippen molar-refractivity contribution >= 4 is 22.3 Å². The predicted molar refractivity (Wildman–Crippen MR) is 122 cm³/mol. The van der Waals surface area contributed by atoms with Gasteiger partial charge in [-0.05, 0) is 35.3 Å². The quantitative estimate of drug-likeness (QED) is 0.547. The lowest BCUT2D eigenvalue weighted by Gasteiger charge is -2.18. The molecule has 0 saturated carbocycles. The van der Waals surface area contributed by atoms with E-state index in [9.17, 15) is 4.79 Å². The molecule has 0 aliphatic carbocycles. The van der Waals surface area contributed by atoms with Crippen LogP contribution < -0.4 is 15.2 Å². The summed E-state index contributed by atoms with van der Waals surface area (Å²) in [6, 6.07) is 18.3. The van der Waals surface area contributed by atoms with Gasteiger partial charge in [0.15, 0.2) is 0 Å². The third-order valence-corrected chi connectivity index (χ3v) is 5.58. The lowest BCUT2D eigenvalue weighted by Crippen LogP contribution is -2.20. The number of benzene rings is 2. The largest absolute Gasteiger partial charge is 0.488 e. The number of hydrogen-bond acceptors (Lipinski definition) is 5. The molecule has 1 aliphatic heterocycles. The molecule has 154 valence electrons. The molecule has 3 heterocycles. The van der Waals surface area contributed by atoms with Crippen molar-refractivity contribution in [3.05, 3.63) is 100 Å². The van der Waals surface area contributed by atoms with E-state index in [1.54, 1.807) is 12.3 Å². The van der Waals surface area contributed by atoms with E-state index in [1.807, 2.05) is 36.2 Å². The molecule has 0 spiro atoms. The van der Waals surface area contributed by atoms with E-state index in [1.165, 1.54) is 23.0 Å². The molecule has 0 amide bonds. The molecular weight excluding hydrogens is 388 g/mol. The molecule has 2 aromatic carbocycles. The van der Waals surface area contributed by atoms with Gasteiger partial charge in [0, 0.05) is 19.2 Å². The lowest BCUT2D eigenvalue weighted by atomic mass is 9.93. The summed E-state index contributed by atoms with van der Waals surface area (Å²) in [7, 11) is 1.98. The van der Waals surface area contributed by atoms with Gasteiger partial charge in [0.1, 0.15) is 18.2 Å². The van der Waals surface area contributed by atoms with Crippen LogP contribution in [0.3, 0.4) is 0 Å². The summed E-state index contributed by atoms with van der Waals surface area (Å²) < 4.78 is 6.05. The fraction of sp³-hybridized carbons (Fsp3) is 0.160. The van der Waals surface area contributed by atoms with E-state index in [2.05, 4.69) is 45.3 Å². The number of fused-ring (bicyclic) bond motifs is 3. The van der Waals surface area contributed by atoms with Crippen molar-refractivity contribution in [3.63, 3.8) is 0 Å². The van der Waals surface area contributed by atoms with Crippen LogP contribution in [-0.2, 0) is 6.61 Å². The second-order valence-corrected chi connectivity index (χ2v) is 7.56. The SMILES string of the molecule is CN(CC/C=C1/c2ccccc2COc2ccccc21)c1cc2c(=O)[nH]cnc2cn1. The van der Waals surface area contributed by atoms with Gasteiger partial charge in [-0.25, -0.2) is 9.97 Å². The number of anilines is 1. The maximum absolute atomic E-state index is 12.1. The van der Waals surface area contributed by atoms with Crippen LogP contribution in [0.15, 0.2) is 78.0 Å². The van der Waals surface area contributed by atoms with Gasteiger partial charge in [0.05, 0.1) is 23.4 Å². The van der Waals surface area contributed by atoms with Crippen molar-refractivity contribution in [3.8, 4) is 5.75 Å². The molecule has 5 rings (SSSR count). The average molecular weight is 410 g/mol. The first kappa shape index (κ1) is 19.1. The van der Waals surface area contributed by atoms with Gasteiger partial charge >= 0.3 is 0 Å². The summed E-state index contributed by atoms with van der Waals surface area (Å²) >= 11 is 0. The van der Waals surface area contributed by atoms with Crippen LogP contribution in [0.25, 0.3) is 16.5 Å². The Kier molecular flexibility index (Phi) is 4.96. The van der Waals surface area contributed by atoms with Crippen molar-refractivity contribution in [1.82, 2.24) is 15.0 Å². The molecule has 0 saturated heterocycles. The highest BCUT2D eigenvalue weighted by Gasteiger charge is 2.18. The van der Waals surface area contributed by atoms with Gasteiger partial charge in [0.2, 0.25) is 0 Å². The van der Waals surface area contributed by atoms with E-state index in [0.717, 1.165) is 30.1 Å². The van der Waals surface area contributed by atoms with Crippen LogP contribution in [0.2, 0.25) is 0 Å². The van der Waals surface area contributed by atoms with Gasteiger partial charge in [0.25, 0.3) is 5.56 Å². The van der Waals surface area contributed by atoms with Crippen LogP contribution in [-0.4, -0.2) is 28.5 Å². The molecule has 0 unspecified atom stereocenters. The van der Waals surface area contributed by atoms with E-state index < -0.39 is 0 Å². The van der Waals surface area contributed by atoms with Crippen LogP contribution in [0.1, 0.15) is 23.1 Å². The van der Waals surface area contributed by atoms with Crippen molar-refractivity contribution in [2.24, 2.45) is 0 Å². The second kappa shape index (κ2) is 8.07. The number of hydrogen-bond donors (Lipinski definition) is 1.